The standard InChI is InChI=1S/C14H25NO/c1-11-6-5-7-12(10-11)15-13(16)14(2)8-3-4-9-14/h11-12H,3-10H2,1-2H3,(H,15,16). The normalized spacial score (nSPS) is 33.6. The molecule has 0 aromatic rings. The lowest BCUT2D eigenvalue weighted by molar-refractivity contribution is -0.131. The summed E-state index contributed by atoms with van der Waals surface area (Å²) in [6, 6.07) is 0.452. The molecular formula is C14H25NO. The third-order valence-electron chi connectivity index (χ3n) is 4.53. The first-order valence-corrected chi connectivity index (χ1v) is 6.91. The second-order valence-electron chi connectivity index (χ2n) is 6.21. The van der Waals surface area contributed by atoms with E-state index < -0.39 is 0 Å². The third kappa shape index (κ3) is 2.58. The summed E-state index contributed by atoms with van der Waals surface area (Å²) in [7, 11) is 0. The second-order valence-corrected chi connectivity index (χ2v) is 6.21. The van der Waals surface area contributed by atoms with Crippen molar-refractivity contribution in [2.75, 3.05) is 0 Å². The molecule has 1 N–H and O–H groups in total. The highest BCUT2D eigenvalue weighted by molar-refractivity contribution is 5.82. The van der Waals surface area contributed by atoms with E-state index >= 15 is 0 Å². The second kappa shape index (κ2) is 4.77. The predicted octanol–water partition coefficient (Wildman–Crippen LogP) is 3.26. The monoisotopic (exact) mass is 223 g/mol. The highest BCUT2D eigenvalue weighted by Crippen LogP contribution is 2.38. The van der Waals surface area contributed by atoms with Crippen molar-refractivity contribution >= 4 is 5.91 Å². The maximum Gasteiger partial charge on any atom is 0.226 e. The SMILES string of the molecule is CC1CCCC(NC(=O)C2(C)CCCC2)C1. The van der Waals surface area contributed by atoms with Crippen LogP contribution in [0.15, 0.2) is 0 Å². The van der Waals surface area contributed by atoms with Crippen LogP contribution in [0.1, 0.15) is 65.2 Å². The lowest BCUT2D eigenvalue weighted by Gasteiger charge is -2.31. The van der Waals surface area contributed by atoms with Crippen molar-refractivity contribution in [3.63, 3.8) is 0 Å². The van der Waals surface area contributed by atoms with Crippen molar-refractivity contribution in [1.82, 2.24) is 5.32 Å². The Morgan fingerprint density at radius 3 is 2.50 bits per heavy atom. The van der Waals surface area contributed by atoms with E-state index in [0.717, 1.165) is 18.8 Å². The maximum absolute atomic E-state index is 12.2. The Labute approximate surface area is 99.2 Å². The van der Waals surface area contributed by atoms with Crippen molar-refractivity contribution in [1.29, 1.82) is 0 Å². The third-order valence-corrected chi connectivity index (χ3v) is 4.53. The molecule has 0 spiro atoms. The number of amides is 1. The molecular weight excluding hydrogens is 198 g/mol. The first-order chi connectivity index (χ1) is 7.60. The Morgan fingerprint density at radius 2 is 1.88 bits per heavy atom. The van der Waals surface area contributed by atoms with Crippen molar-refractivity contribution in [2.24, 2.45) is 11.3 Å². The van der Waals surface area contributed by atoms with Gasteiger partial charge in [-0.1, -0.05) is 39.5 Å². The van der Waals surface area contributed by atoms with Gasteiger partial charge < -0.3 is 5.32 Å². The highest BCUT2D eigenvalue weighted by Gasteiger charge is 2.37. The molecule has 2 aliphatic rings. The number of carbonyl (C=O) groups excluding carboxylic acids is 1. The van der Waals surface area contributed by atoms with Crippen molar-refractivity contribution < 1.29 is 4.79 Å². The summed E-state index contributed by atoms with van der Waals surface area (Å²) in [5, 5.41) is 3.29. The summed E-state index contributed by atoms with van der Waals surface area (Å²) in [5.74, 6) is 1.11. The number of hydrogen-bond donors (Lipinski definition) is 1. The van der Waals surface area contributed by atoms with Crippen LogP contribution in [-0.2, 0) is 4.79 Å². The van der Waals surface area contributed by atoms with Gasteiger partial charge >= 0.3 is 0 Å². The smallest absolute Gasteiger partial charge is 0.226 e. The van der Waals surface area contributed by atoms with Gasteiger partial charge in [0.1, 0.15) is 0 Å². The van der Waals surface area contributed by atoms with E-state index in [4.69, 9.17) is 0 Å². The molecule has 0 bridgehead atoms. The molecule has 0 aromatic carbocycles. The van der Waals surface area contributed by atoms with Gasteiger partial charge in [-0.05, 0) is 31.6 Å². The van der Waals surface area contributed by atoms with Crippen molar-refractivity contribution in [2.45, 2.75) is 71.3 Å². The average Bonchev–Trinajstić information content (AvgIpc) is 2.66. The van der Waals surface area contributed by atoms with Gasteiger partial charge in [-0.15, -0.1) is 0 Å². The van der Waals surface area contributed by atoms with Gasteiger partial charge in [0.15, 0.2) is 0 Å². The summed E-state index contributed by atoms with van der Waals surface area (Å²) in [5.41, 5.74) is -0.0549. The molecule has 16 heavy (non-hydrogen) atoms. The zero-order valence-electron chi connectivity index (χ0n) is 10.7. The Morgan fingerprint density at radius 1 is 1.19 bits per heavy atom. The molecule has 0 heterocycles. The van der Waals surface area contributed by atoms with Gasteiger partial charge in [0, 0.05) is 11.5 Å². The van der Waals surface area contributed by atoms with E-state index in [2.05, 4.69) is 19.2 Å². The van der Waals surface area contributed by atoms with Gasteiger partial charge in [-0.2, -0.15) is 0 Å². The van der Waals surface area contributed by atoms with Crippen LogP contribution >= 0.6 is 0 Å². The van der Waals surface area contributed by atoms with Crippen LogP contribution in [0.5, 0.6) is 0 Å². The van der Waals surface area contributed by atoms with E-state index in [1.165, 1.54) is 38.5 Å². The van der Waals surface area contributed by atoms with Crippen LogP contribution in [0.25, 0.3) is 0 Å². The Kier molecular flexibility index (Phi) is 3.56. The van der Waals surface area contributed by atoms with Crippen molar-refractivity contribution in [3.05, 3.63) is 0 Å². The van der Waals surface area contributed by atoms with Gasteiger partial charge in [-0.25, -0.2) is 0 Å². The molecule has 1 amide bonds. The first-order valence-electron chi connectivity index (χ1n) is 6.91. The molecule has 2 heteroatoms. The van der Waals surface area contributed by atoms with Crippen LogP contribution in [0, 0.1) is 11.3 Å². The molecule has 2 fully saturated rings. The molecule has 2 aliphatic carbocycles. The van der Waals surface area contributed by atoms with Crippen LogP contribution in [0.3, 0.4) is 0 Å². The minimum atomic E-state index is -0.0549. The van der Waals surface area contributed by atoms with E-state index in [9.17, 15) is 4.79 Å². The molecule has 0 saturated heterocycles. The molecule has 2 unspecified atom stereocenters. The Bertz CT molecular complexity index is 255. The van der Waals surface area contributed by atoms with Gasteiger partial charge in [-0.3, -0.25) is 4.79 Å². The van der Waals surface area contributed by atoms with Gasteiger partial charge in [0.05, 0.1) is 0 Å². The first kappa shape index (κ1) is 11.9. The largest absolute Gasteiger partial charge is 0.353 e. The van der Waals surface area contributed by atoms with E-state index in [1.54, 1.807) is 0 Å². The number of rotatable bonds is 2. The summed E-state index contributed by atoms with van der Waals surface area (Å²) < 4.78 is 0. The van der Waals surface area contributed by atoms with Crippen LogP contribution in [0.4, 0.5) is 0 Å². The minimum absolute atomic E-state index is 0.0549. The average molecular weight is 223 g/mol. The minimum Gasteiger partial charge on any atom is -0.353 e. The molecule has 0 radical (unpaired) electrons. The lowest BCUT2D eigenvalue weighted by Crippen LogP contribution is -2.44. The summed E-state index contributed by atoms with van der Waals surface area (Å²) in [6.07, 6.45) is 9.61. The fraction of sp³-hybridized carbons (Fsp3) is 0.929. The zero-order valence-corrected chi connectivity index (χ0v) is 10.7. The summed E-state index contributed by atoms with van der Waals surface area (Å²) in [6.45, 7) is 4.44. The van der Waals surface area contributed by atoms with Crippen LogP contribution in [0.2, 0.25) is 0 Å². The van der Waals surface area contributed by atoms with E-state index in [-0.39, 0.29) is 5.41 Å². The van der Waals surface area contributed by atoms with Crippen molar-refractivity contribution in [3.8, 4) is 0 Å². The summed E-state index contributed by atoms with van der Waals surface area (Å²) in [4.78, 5) is 12.2. The number of nitrogens with one attached hydrogen (secondary N) is 1. The van der Waals surface area contributed by atoms with Gasteiger partial charge in [0.2, 0.25) is 5.91 Å². The molecule has 0 aromatic heterocycles. The zero-order chi connectivity index (χ0) is 11.6. The molecule has 2 atom stereocenters. The lowest BCUT2D eigenvalue weighted by atomic mass is 9.84. The van der Waals surface area contributed by atoms with E-state index in [1.807, 2.05) is 0 Å². The molecule has 2 rings (SSSR count). The van der Waals surface area contributed by atoms with Crippen LogP contribution < -0.4 is 5.32 Å². The highest BCUT2D eigenvalue weighted by atomic mass is 16.2. The van der Waals surface area contributed by atoms with Gasteiger partial charge in [0.25, 0.3) is 0 Å². The fourth-order valence-corrected chi connectivity index (χ4v) is 3.31. The maximum atomic E-state index is 12.2. The quantitative estimate of drug-likeness (QED) is 0.765. The number of carbonyl (C=O) groups is 1. The molecule has 2 nitrogen and oxygen atoms in total. The van der Waals surface area contributed by atoms with Crippen LogP contribution in [-0.4, -0.2) is 11.9 Å². The molecule has 0 aliphatic heterocycles. The number of hydrogen-bond acceptors (Lipinski definition) is 1. The Hall–Kier alpha value is -0.530. The molecule has 2 saturated carbocycles. The molecule has 92 valence electrons. The predicted molar refractivity (Wildman–Crippen MR) is 66.1 cm³/mol. The van der Waals surface area contributed by atoms with E-state index in [0.29, 0.717) is 11.9 Å². The topological polar surface area (TPSA) is 29.1 Å². The summed E-state index contributed by atoms with van der Waals surface area (Å²) >= 11 is 0. The fourth-order valence-electron chi connectivity index (χ4n) is 3.31. The Balaban J connectivity index is 1.86.